The van der Waals surface area contributed by atoms with Gasteiger partial charge in [0.05, 0.1) is 4.92 Å². The number of pyridine rings is 1. The molecule has 0 aliphatic heterocycles. The van der Waals surface area contributed by atoms with Gasteiger partial charge in [-0.25, -0.2) is 4.98 Å². The summed E-state index contributed by atoms with van der Waals surface area (Å²) in [5, 5.41) is 16.8. The maximum Gasteiger partial charge on any atom is 0.311 e. The number of nitrogens with zero attached hydrogens (tertiary/aromatic N) is 2. The minimum atomic E-state index is -0.942. The van der Waals surface area contributed by atoms with Crippen LogP contribution in [0.15, 0.2) is 12.1 Å². The molecule has 19 heavy (non-hydrogen) atoms. The normalized spacial score (nSPS) is 11.9. The molecule has 106 valence electrons. The lowest BCUT2D eigenvalue weighted by Gasteiger charge is -2.08. The van der Waals surface area contributed by atoms with E-state index in [2.05, 4.69) is 15.6 Å². The zero-order chi connectivity index (χ0) is 14.3. The minimum absolute atomic E-state index is 0.0797. The van der Waals surface area contributed by atoms with Gasteiger partial charge in [-0.15, -0.1) is 0 Å². The van der Waals surface area contributed by atoms with Gasteiger partial charge in [-0.05, 0) is 12.5 Å². The third-order valence-electron chi connectivity index (χ3n) is 2.31. The fraction of sp³-hybridized carbons (Fsp3) is 0.545. The molecule has 1 atom stereocenters. The molecule has 1 aromatic rings. The van der Waals surface area contributed by atoms with Crippen molar-refractivity contribution in [3.8, 4) is 0 Å². The molecule has 0 amide bonds. The summed E-state index contributed by atoms with van der Waals surface area (Å²) in [5.74, 6) is 1.22. The molecular formula is C11H18N4O3S. The Hall–Kier alpha value is -1.70. The zero-order valence-corrected chi connectivity index (χ0v) is 11.8. The van der Waals surface area contributed by atoms with Crippen LogP contribution in [0.2, 0.25) is 0 Å². The van der Waals surface area contributed by atoms with E-state index in [1.54, 1.807) is 12.3 Å². The number of nitro groups is 1. The lowest BCUT2D eigenvalue weighted by molar-refractivity contribution is -0.384. The van der Waals surface area contributed by atoms with Crippen molar-refractivity contribution in [3.05, 3.63) is 22.2 Å². The summed E-state index contributed by atoms with van der Waals surface area (Å²) in [7, 11) is -0.942. The predicted octanol–water partition coefficient (Wildman–Crippen LogP) is 1.60. The van der Waals surface area contributed by atoms with Crippen LogP contribution >= 0.6 is 0 Å². The van der Waals surface area contributed by atoms with E-state index in [-0.39, 0.29) is 11.5 Å². The van der Waals surface area contributed by atoms with Crippen LogP contribution in [0.5, 0.6) is 0 Å². The average Bonchev–Trinajstić information content (AvgIpc) is 2.35. The highest BCUT2D eigenvalue weighted by Crippen LogP contribution is 2.23. The zero-order valence-electron chi connectivity index (χ0n) is 11.0. The van der Waals surface area contributed by atoms with Crippen LogP contribution in [-0.4, -0.2) is 39.2 Å². The lowest BCUT2D eigenvalue weighted by atomic mass is 10.3. The molecule has 2 N–H and O–H groups in total. The summed E-state index contributed by atoms with van der Waals surface area (Å²) < 4.78 is 11.0. The smallest absolute Gasteiger partial charge is 0.311 e. The summed E-state index contributed by atoms with van der Waals surface area (Å²) in [6.07, 6.45) is 2.53. The Morgan fingerprint density at radius 1 is 1.37 bits per heavy atom. The third-order valence-corrected chi connectivity index (χ3v) is 3.09. The first-order valence-electron chi connectivity index (χ1n) is 5.97. The maximum absolute atomic E-state index is 11.0. The van der Waals surface area contributed by atoms with Crippen LogP contribution < -0.4 is 10.6 Å². The molecule has 0 aromatic carbocycles. The Morgan fingerprint density at radius 2 is 2.11 bits per heavy atom. The van der Waals surface area contributed by atoms with E-state index >= 15 is 0 Å². The Labute approximate surface area is 114 Å². The second kappa shape index (κ2) is 7.67. The number of hydrogen-bond donors (Lipinski definition) is 2. The fourth-order valence-electron chi connectivity index (χ4n) is 1.39. The van der Waals surface area contributed by atoms with Gasteiger partial charge < -0.3 is 10.6 Å². The molecule has 7 nitrogen and oxygen atoms in total. The second-order valence-electron chi connectivity index (χ2n) is 3.95. The van der Waals surface area contributed by atoms with E-state index < -0.39 is 15.7 Å². The summed E-state index contributed by atoms with van der Waals surface area (Å²) >= 11 is 0. The topological polar surface area (TPSA) is 97.2 Å². The van der Waals surface area contributed by atoms with Gasteiger partial charge in [0.25, 0.3) is 0 Å². The average molecular weight is 286 g/mol. The molecule has 1 unspecified atom stereocenters. The second-order valence-corrected chi connectivity index (χ2v) is 5.51. The van der Waals surface area contributed by atoms with Gasteiger partial charge in [0.1, 0.15) is 5.82 Å². The van der Waals surface area contributed by atoms with Crippen molar-refractivity contribution in [1.82, 2.24) is 4.98 Å². The lowest BCUT2D eigenvalue weighted by Crippen LogP contribution is -2.13. The first-order chi connectivity index (χ1) is 9.04. The maximum atomic E-state index is 11.0. The molecule has 1 heterocycles. The van der Waals surface area contributed by atoms with Crippen molar-refractivity contribution in [2.24, 2.45) is 0 Å². The first-order valence-corrected chi connectivity index (χ1v) is 7.70. The number of nitrogens with one attached hydrogen (secondary N) is 2. The van der Waals surface area contributed by atoms with Crippen molar-refractivity contribution in [1.29, 1.82) is 0 Å². The summed E-state index contributed by atoms with van der Waals surface area (Å²) in [6.45, 7) is 3.16. The van der Waals surface area contributed by atoms with E-state index in [0.717, 1.165) is 13.0 Å². The van der Waals surface area contributed by atoms with Crippen LogP contribution in [0.3, 0.4) is 0 Å². The van der Waals surface area contributed by atoms with Crippen molar-refractivity contribution in [2.45, 2.75) is 13.3 Å². The van der Waals surface area contributed by atoms with Gasteiger partial charge in [-0.1, -0.05) is 6.92 Å². The van der Waals surface area contributed by atoms with Crippen molar-refractivity contribution in [3.63, 3.8) is 0 Å². The fourth-order valence-corrected chi connectivity index (χ4v) is 1.78. The van der Waals surface area contributed by atoms with Crippen molar-refractivity contribution in [2.75, 3.05) is 35.7 Å². The number of hydrogen-bond acceptors (Lipinski definition) is 6. The van der Waals surface area contributed by atoms with Gasteiger partial charge >= 0.3 is 5.69 Å². The highest BCUT2D eigenvalue weighted by molar-refractivity contribution is 7.84. The van der Waals surface area contributed by atoms with Crippen LogP contribution in [-0.2, 0) is 10.8 Å². The van der Waals surface area contributed by atoms with Crippen molar-refractivity contribution >= 4 is 28.1 Å². The SMILES string of the molecule is CCCNc1ccc([N+](=O)[O-])c(NCCS(C)=O)n1. The summed E-state index contributed by atoms with van der Waals surface area (Å²) in [6, 6.07) is 2.99. The van der Waals surface area contributed by atoms with Gasteiger partial charge in [-0.3, -0.25) is 14.3 Å². The number of aromatic nitrogens is 1. The largest absolute Gasteiger partial charge is 0.370 e. The van der Waals surface area contributed by atoms with E-state index in [0.29, 0.717) is 18.1 Å². The molecule has 0 aliphatic carbocycles. The minimum Gasteiger partial charge on any atom is -0.370 e. The molecule has 0 fully saturated rings. The van der Waals surface area contributed by atoms with Gasteiger partial charge in [0.2, 0.25) is 5.82 Å². The van der Waals surface area contributed by atoms with Crippen molar-refractivity contribution < 1.29 is 9.13 Å². The van der Waals surface area contributed by atoms with E-state index in [1.165, 1.54) is 6.07 Å². The third kappa shape index (κ3) is 5.21. The first kappa shape index (κ1) is 15.4. The molecule has 0 spiro atoms. The van der Waals surface area contributed by atoms with Crippen LogP contribution in [0.25, 0.3) is 0 Å². The highest BCUT2D eigenvalue weighted by Gasteiger charge is 2.15. The quantitative estimate of drug-likeness (QED) is 0.556. The Balaban J connectivity index is 2.82. The molecule has 0 saturated carbocycles. The molecule has 0 saturated heterocycles. The Bertz CT molecular complexity index is 467. The van der Waals surface area contributed by atoms with Gasteiger partial charge in [0, 0.05) is 42.0 Å². The van der Waals surface area contributed by atoms with Gasteiger partial charge in [0.15, 0.2) is 0 Å². The monoisotopic (exact) mass is 286 g/mol. The molecule has 0 bridgehead atoms. The molecule has 1 rings (SSSR count). The highest BCUT2D eigenvalue weighted by atomic mass is 32.2. The number of anilines is 2. The van der Waals surface area contributed by atoms with E-state index in [9.17, 15) is 14.3 Å². The number of rotatable bonds is 8. The Kier molecular flexibility index (Phi) is 6.20. The van der Waals surface area contributed by atoms with Crippen LogP contribution in [0, 0.1) is 10.1 Å². The van der Waals surface area contributed by atoms with E-state index in [4.69, 9.17) is 0 Å². The molecule has 0 radical (unpaired) electrons. The molecule has 0 aliphatic rings. The van der Waals surface area contributed by atoms with Gasteiger partial charge in [-0.2, -0.15) is 0 Å². The molecular weight excluding hydrogens is 268 g/mol. The van der Waals surface area contributed by atoms with E-state index in [1.807, 2.05) is 6.92 Å². The summed E-state index contributed by atoms with van der Waals surface area (Å²) in [4.78, 5) is 14.6. The summed E-state index contributed by atoms with van der Waals surface area (Å²) in [5.41, 5.74) is -0.0797. The standard InChI is InChI=1S/C11H18N4O3S/c1-3-6-12-10-5-4-9(15(16)17)11(14-10)13-7-8-19(2)18/h4-5H,3,6-8H2,1-2H3,(H2,12,13,14). The van der Waals surface area contributed by atoms with Crippen LogP contribution in [0.1, 0.15) is 13.3 Å². The predicted molar refractivity (Wildman–Crippen MR) is 77.1 cm³/mol. The Morgan fingerprint density at radius 3 is 2.68 bits per heavy atom. The molecule has 1 aromatic heterocycles. The van der Waals surface area contributed by atoms with Crippen LogP contribution in [0.4, 0.5) is 17.3 Å². The molecule has 8 heteroatoms.